The number of para-hydroxylation sites is 1. The Kier molecular flexibility index (Phi) is 4.28. The van der Waals surface area contributed by atoms with Crippen molar-refractivity contribution in [2.45, 2.75) is 33.4 Å². The first-order valence-corrected chi connectivity index (χ1v) is 6.30. The molecule has 1 aromatic carbocycles. The number of aryl methyl sites for hydroxylation is 2. The SMILES string of the molecule is CCCn1ncnc1COc1c(C)cccc1C=O. The molecule has 1 aromatic heterocycles. The van der Waals surface area contributed by atoms with Crippen LogP contribution in [0.2, 0.25) is 0 Å². The van der Waals surface area contributed by atoms with Crippen LogP contribution in [0.15, 0.2) is 24.5 Å². The summed E-state index contributed by atoms with van der Waals surface area (Å²) in [6, 6.07) is 5.50. The summed E-state index contributed by atoms with van der Waals surface area (Å²) in [7, 11) is 0. The minimum Gasteiger partial charge on any atom is -0.485 e. The fourth-order valence-corrected chi connectivity index (χ4v) is 1.90. The lowest BCUT2D eigenvalue weighted by Gasteiger charge is -2.11. The van der Waals surface area contributed by atoms with Crippen LogP contribution in [-0.2, 0) is 13.2 Å². The quantitative estimate of drug-likeness (QED) is 0.747. The van der Waals surface area contributed by atoms with E-state index >= 15 is 0 Å². The van der Waals surface area contributed by atoms with E-state index in [1.165, 1.54) is 6.33 Å². The molecule has 0 radical (unpaired) electrons. The summed E-state index contributed by atoms with van der Waals surface area (Å²) in [4.78, 5) is 15.2. The van der Waals surface area contributed by atoms with Crippen LogP contribution in [0.5, 0.6) is 5.75 Å². The lowest BCUT2D eigenvalue weighted by atomic mass is 10.1. The summed E-state index contributed by atoms with van der Waals surface area (Å²) in [6.45, 7) is 5.12. The van der Waals surface area contributed by atoms with Crippen molar-refractivity contribution in [3.63, 3.8) is 0 Å². The van der Waals surface area contributed by atoms with Crippen LogP contribution in [0.4, 0.5) is 0 Å². The number of nitrogens with zero attached hydrogens (tertiary/aromatic N) is 3. The van der Waals surface area contributed by atoms with Crippen LogP contribution >= 0.6 is 0 Å². The molecule has 0 amide bonds. The molecule has 1 heterocycles. The Labute approximate surface area is 112 Å². The Morgan fingerprint density at radius 3 is 3.00 bits per heavy atom. The topological polar surface area (TPSA) is 57.0 Å². The van der Waals surface area contributed by atoms with Gasteiger partial charge in [0.05, 0.1) is 5.56 Å². The first-order valence-electron chi connectivity index (χ1n) is 6.30. The van der Waals surface area contributed by atoms with Crippen LogP contribution < -0.4 is 4.74 Å². The fraction of sp³-hybridized carbons (Fsp3) is 0.357. The van der Waals surface area contributed by atoms with E-state index in [0.717, 1.165) is 30.6 Å². The van der Waals surface area contributed by atoms with E-state index in [9.17, 15) is 4.79 Å². The zero-order chi connectivity index (χ0) is 13.7. The summed E-state index contributed by atoms with van der Waals surface area (Å²) in [6.07, 6.45) is 3.31. The molecular formula is C14H17N3O2. The van der Waals surface area contributed by atoms with E-state index in [1.807, 2.05) is 23.7 Å². The van der Waals surface area contributed by atoms with E-state index in [1.54, 1.807) is 6.07 Å². The number of ether oxygens (including phenoxy) is 1. The van der Waals surface area contributed by atoms with Crippen LogP contribution in [0.3, 0.4) is 0 Å². The van der Waals surface area contributed by atoms with Gasteiger partial charge in [-0.25, -0.2) is 9.67 Å². The van der Waals surface area contributed by atoms with Gasteiger partial charge in [0.15, 0.2) is 12.1 Å². The average Bonchev–Trinajstić information content (AvgIpc) is 2.85. The van der Waals surface area contributed by atoms with Gasteiger partial charge in [0.1, 0.15) is 18.7 Å². The van der Waals surface area contributed by atoms with Crippen molar-refractivity contribution >= 4 is 6.29 Å². The molecule has 0 aliphatic carbocycles. The summed E-state index contributed by atoms with van der Waals surface area (Å²) < 4.78 is 7.55. The highest BCUT2D eigenvalue weighted by Gasteiger charge is 2.09. The number of hydrogen-bond acceptors (Lipinski definition) is 4. The maximum atomic E-state index is 11.0. The Morgan fingerprint density at radius 1 is 1.42 bits per heavy atom. The van der Waals surface area contributed by atoms with Gasteiger partial charge in [-0.3, -0.25) is 4.79 Å². The van der Waals surface area contributed by atoms with Gasteiger partial charge in [-0.2, -0.15) is 5.10 Å². The normalized spacial score (nSPS) is 10.4. The van der Waals surface area contributed by atoms with Gasteiger partial charge in [-0.1, -0.05) is 19.1 Å². The number of carbonyl (C=O) groups excluding carboxylic acids is 1. The Balaban J connectivity index is 2.14. The van der Waals surface area contributed by atoms with Crippen molar-refractivity contribution in [1.82, 2.24) is 14.8 Å². The second-order valence-corrected chi connectivity index (χ2v) is 4.30. The van der Waals surface area contributed by atoms with Crippen LogP contribution in [-0.4, -0.2) is 21.1 Å². The molecule has 0 saturated heterocycles. The first-order chi connectivity index (χ1) is 9.26. The van der Waals surface area contributed by atoms with Gasteiger partial charge >= 0.3 is 0 Å². The van der Waals surface area contributed by atoms with Crippen molar-refractivity contribution in [3.8, 4) is 5.75 Å². The van der Waals surface area contributed by atoms with Crippen molar-refractivity contribution in [2.24, 2.45) is 0 Å². The Morgan fingerprint density at radius 2 is 2.26 bits per heavy atom. The second-order valence-electron chi connectivity index (χ2n) is 4.30. The van der Waals surface area contributed by atoms with E-state index in [-0.39, 0.29) is 0 Å². The Hall–Kier alpha value is -2.17. The van der Waals surface area contributed by atoms with Gasteiger partial charge in [-0.05, 0) is 25.0 Å². The van der Waals surface area contributed by atoms with Gasteiger partial charge < -0.3 is 4.74 Å². The molecule has 0 N–H and O–H groups in total. The van der Waals surface area contributed by atoms with E-state index in [2.05, 4.69) is 17.0 Å². The third-order valence-electron chi connectivity index (χ3n) is 2.85. The standard InChI is InChI=1S/C14H17N3O2/c1-3-7-17-13(15-10-16-17)9-19-14-11(2)5-4-6-12(14)8-18/h4-6,8,10H,3,7,9H2,1-2H3. The van der Waals surface area contributed by atoms with Crippen molar-refractivity contribution in [3.05, 3.63) is 41.5 Å². The third kappa shape index (κ3) is 2.99. The predicted molar refractivity (Wildman–Crippen MR) is 71.2 cm³/mol. The molecular weight excluding hydrogens is 242 g/mol. The molecule has 5 nitrogen and oxygen atoms in total. The highest BCUT2D eigenvalue weighted by Crippen LogP contribution is 2.22. The molecule has 0 atom stereocenters. The summed E-state index contributed by atoms with van der Waals surface area (Å²) in [5, 5.41) is 4.14. The first kappa shape index (κ1) is 13.3. The molecule has 0 aliphatic heterocycles. The largest absolute Gasteiger partial charge is 0.485 e. The number of aldehydes is 1. The second kappa shape index (κ2) is 6.13. The molecule has 2 rings (SSSR count). The minimum atomic E-state index is 0.311. The van der Waals surface area contributed by atoms with Crippen molar-refractivity contribution < 1.29 is 9.53 Å². The molecule has 0 saturated carbocycles. The summed E-state index contributed by atoms with van der Waals surface area (Å²) in [5.41, 5.74) is 1.49. The van der Waals surface area contributed by atoms with Gasteiger partial charge in [0, 0.05) is 6.54 Å². The summed E-state index contributed by atoms with van der Waals surface area (Å²) >= 11 is 0. The lowest BCUT2D eigenvalue weighted by Crippen LogP contribution is -2.09. The summed E-state index contributed by atoms with van der Waals surface area (Å²) in [5.74, 6) is 1.38. The number of rotatable bonds is 6. The molecule has 5 heteroatoms. The third-order valence-corrected chi connectivity index (χ3v) is 2.85. The van der Waals surface area contributed by atoms with Crippen LogP contribution in [0, 0.1) is 6.92 Å². The van der Waals surface area contributed by atoms with Gasteiger partial charge in [0.2, 0.25) is 0 Å². The van der Waals surface area contributed by atoms with E-state index in [0.29, 0.717) is 17.9 Å². The van der Waals surface area contributed by atoms with Crippen molar-refractivity contribution in [2.75, 3.05) is 0 Å². The average molecular weight is 259 g/mol. The minimum absolute atomic E-state index is 0.311. The predicted octanol–water partition coefficient (Wildman–Crippen LogP) is 2.39. The van der Waals surface area contributed by atoms with Gasteiger partial charge in [0.25, 0.3) is 0 Å². The number of benzene rings is 1. The maximum absolute atomic E-state index is 11.0. The van der Waals surface area contributed by atoms with E-state index in [4.69, 9.17) is 4.74 Å². The number of carbonyl (C=O) groups is 1. The smallest absolute Gasteiger partial charge is 0.164 e. The monoisotopic (exact) mass is 259 g/mol. The molecule has 0 bridgehead atoms. The molecule has 2 aromatic rings. The highest BCUT2D eigenvalue weighted by molar-refractivity contribution is 5.80. The van der Waals surface area contributed by atoms with Crippen molar-refractivity contribution in [1.29, 1.82) is 0 Å². The van der Waals surface area contributed by atoms with Crippen LogP contribution in [0.25, 0.3) is 0 Å². The fourth-order valence-electron chi connectivity index (χ4n) is 1.90. The zero-order valence-corrected chi connectivity index (χ0v) is 11.2. The maximum Gasteiger partial charge on any atom is 0.164 e. The molecule has 0 aliphatic rings. The van der Waals surface area contributed by atoms with Crippen LogP contribution in [0.1, 0.15) is 35.1 Å². The van der Waals surface area contributed by atoms with E-state index < -0.39 is 0 Å². The van der Waals surface area contributed by atoms with Gasteiger partial charge in [-0.15, -0.1) is 0 Å². The number of aromatic nitrogens is 3. The molecule has 100 valence electrons. The molecule has 0 fully saturated rings. The number of hydrogen-bond donors (Lipinski definition) is 0. The molecule has 0 unspecified atom stereocenters. The highest BCUT2D eigenvalue weighted by atomic mass is 16.5. The Bertz CT molecular complexity index is 564. The molecule has 19 heavy (non-hydrogen) atoms. The lowest BCUT2D eigenvalue weighted by molar-refractivity contribution is 0.111. The molecule has 0 spiro atoms. The zero-order valence-electron chi connectivity index (χ0n) is 11.2.